The molecule has 1 fully saturated rings. The third-order valence-corrected chi connectivity index (χ3v) is 2.54. The lowest BCUT2D eigenvalue weighted by molar-refractivity contribution is -0.187. The zero-order valence-corrected chi connectivity index (χ0v) is 9.03. The van der Waals surface area contributed by atoms with Crippen LogP contribution in [0.5, 0.6) is 0 Å². The van der Waals surface area contributed by atoms with Crippen molar-refractivity contribution in [1.82, 2.24) is 9.80 Å². The smallest absolute Gasteiger partial charge is 0.471 e. The molecule has 0 atom stereocenters. The van der Waals surface area contributed by atoms with Gasteiger partial charge in [0, 0.05) is 32.7 Å². The van der Waals surface area contributed by atoms with Crippen LogP contribution in [0.15, 0.2) is 0 Å². The monoisotopic (exact) mass is 254 g/mol. The Hall–Kier alpha value is -1.31. The lowest BCUT2D eigenvalue weighted by Crippen LogP contribution is -2.52. The van der Waals surface area contributed by atoms with Crippen LogP contribution >= 0.6 is 0 Å². The van der Waals surface area contributed by atoms with Gasteiger partial charge in [-0.2, -0.15) is 13.2 Å². The number of alkyl halides is 3. The second-order valence-corrected chi connectivity index (χ2v) is 3.78. The van der Waals surface area contributed by atoms with Gasteiger partial charge in [-0.1, -0.05) is 0 Å². The molecule has 1 saturated heterocycles. The maximum atomic E-state index is 12.1. The van der Waals surface area contributed by atoms with Crippen molar-refractivity contribution in [2.75, 3.05) is 32.7 Å². The van der Waals surface area contributed by atoms with E-state index in [9.17, 15) is 22.8 Å². The number of hydrogen-bond donors (Lipinski definition) is 1. The minimum Gasteiger partial charge on any atom is -0.481 e. The van der Waals surface area contributed by atoms with Gasteiger partial charge in [-0.15, -0.1) is 0 Å². The maximum Gasteiger partial charge on any atom is 0.471 e. The van der Waals surface area contributed by atoms with Gasteiger partial charge in [-0.3, -0.25) is 14.5 Å². The van der Waals surface area contributed by atoms with Crippen LogP contribution < -0.4 is 0 Å². The van der Waals surface area contributed by atoms with Crippen LogP contribution in [0.25, 0.3) is 0 Å². The van der Waals surface area contributed by atoms with Gasteiger partial charge in [0.1, 0.15) is 0 Å². The summed E-state index contributed by atoms with van der Waals surface area (Å²) in [6.45, 7) is 0.809. The molecule has 98 valence electrons. The first-order chi connectivity index (χ1) is 7.80. The quantitative estimate of drug-likeness (QED) is 0.779. The molecule has 0 aliphatic carbocycles. The molecule has 0 aromatic rings. The second-order valence-electron chi connectivity index (χ2n) is 3.78. The van der Waals surface area contributed by atoms with Gasteiger partial charge in [0.25, 0.3) is 0 Å². The molecule has 0 unspecified atom stereocenters. The van der Waals surface area contributed by atoms with Crippen LogP contribution in [-0.2, 0) is 9.59 Å². The molecule has 1 aliphatic rings. The van der Waals surface area contributed by atoms with E-state index in [1.807, 2.05) is 0 Å². The first kappa shape index (κ1) is 13.8. The predicted molar refractivity (Wildman–Crippen MR) is 51.3 cm³/mol. The molecule has 1 aliphatic heterocycles. The summed E-state index contributed by atoms with van der Waals surface area (Å²) in [5, 5.41) is 8.45. The van der Waals surface area contributed by atoms with Crippen molar-refractivity contribution in [2.45, 2.75) is 12.6 Å². The predicted octanol–water partition coefficient (Wildman–Crippen LogP) is 0.168. The third-order valence-electron chi connectivity index (χ3n) is 2.54. The molecule has 0 spiro atoms. The van der Waals surface area contributed by atoms with Crippen LogP contribution in [0.1, 0.15) is 6.42 Å². The highest BCUT2D eigenvalue weighted by molar-refractivity contribution is 5.81. The minimum atomic E-state index is -4.83. The van der Waals surface area contributed by atoms with Crippen molar-refractivity contribution in [3.05, 3.63) is 0 Å². The number of carbonyl (C=O) groups is 2. The Labute approximate surface area is 95.8 Å². The highest BCUT2D eigenvalue weighted by atomic mass is 19.4. The van der Waals surface area contributed by atoms with Gasteiger partial charge in [0.05, 0.1) is 6.42 Å². The fraction of sp³-hybridized carbons (Fsp3) is 0.778. The Balaban J connectivity index is 2.36. The van der Waals surface area contributed by atoms with E-state index in [0.717, 1.165) is 4.90 Å². The number of carboxylic acids is 1. The molecule has 8 heteroatoms. The molecule has 1 N–H and O–H groups in total. The zero-order chi connectivity index (χ0) is 13.1. The van der Waals surface area contributed by atoms with Crippen LogP contribution in [0.3, 0.4) is 0 Å². The maximum absolute atomic E-state index is 12.1. The third kappa shape index (κ3) is 4.22. The number of rotatable bonds is 3. The largest absolute Gasteiger partial charge is 0.481 e. The number of hydrogen-bond acceptors (Lipinski definition) is 3. The topological polar surface area (TPSA) is 60.9 Å². The fourth-order valence-corrected chi connectivity index (χ4v) is 1.61. The molecule has 1 heterocycles. The van der Waals surface area contributed by atoms with E-state index in [1.165, 1.54) is 0 Å². The van der Waals surface area contributed by atoms with Gasteiger partial charge in [0.2, 0.25) is 0 Å². The number of amides is 1. The van der Waals surface area contributed by atoms with Crippen molar-refractivity contribution in [3.8, 4) is 0 Å². The molecule has 1 rings (SSSR count). The summed E-state index contributed by atoms with van der Waals surface area (Å²) in [7, 11) is 0. The molecule has 0 aromatic carbocycles. The number of halogens is 3. The van der Waals surface area contributed by atoms with Crippen LogP contribution in [0, 0.1) is 0 Å². The number of carbonyl (C=O) groups excluding carboxylic acids is 1. The zero-order valence-electron chi connectivity index (χ0n) is 9.03. The molecule has 0 saturated carbocycles. The molecular formula is C9H13F3N2O3. The normalized spacial score (nSPS) is 18.2. The molecule has 0 bridgehead atoms. The van der Waals surface area contributed by atoms with Crippen molar-refractivity contribution in [3.63, 3.8) is 0 Å². The van der Waals surface area contributed by atoms with Crippen molar-refractivity contribution >= 4 is 11.9 Å². The van der Waals surface area contributed by atoms with E-state index < -0.39 is 18.1 Å². The molecular weight excluding hydrogens is 241 g/mol. The average molecular weight is 254 g/mol. The van der Waals surface area contributed by atoms with Gasteiger partial charge in [0.15, 0.2) is 0 Å². The fourth-order valence-electron chi connectivity index (χ4n) is 1.61. The molecule has 5 nitrogen and oxygen atoms in total. The van der Waals surface area contributed by atoms with Crippen LogP contribution in [0.4, 0.5) is 13.2 Å². The lowest BCUT2D eigenvalue weighted by atomic mass is 10.3. The molecule has 1 amide bonds. The first-order valence-electron chi connectivity index (χ1n) is 5.11. The van der Waals surface area contributed by atoms with Crippen molar-refractivity contribution in [2.24, 2.45) is 0 Å². The van der Waals surface area contributed by atoms with Gasteiger partial charge in [-0.25, -0.2) is 0 Å². The van der Waals surface area contributed by atoms with E-state index in [-0.39, 0.29) is 32.6 Å². The first-order valence-corrected chi connectivity index (χ1v) is 5.11. The Bertz CT molecular complexity index is 298. The number of aliphatic carboxylic acids is 1. The van der Waals surface area contributed by atoms with E-state index >= 15 is 0 Å². The Morgan fingerprint density at radius 3 is 2.06 bits per heavy atom. The molecule has 0 aromatic heterocycles. The second kappa shape index (κ2) is 5.35. The minimum absolute atomic E-state index is 0.0159. The summed E-state index contributed by atoms with van der Waals surface area (Å²) in [5.74, 6) is -2.77. The SMILES string of the molecule is O=C(O)CCN1CCN(C(=O)C(F)(F)F)CC1. The number of nitrogens with zero attached hydrogens (tertiary/aromatic N) is 2. The lowest BCUT2D eigenvalue weighted by Gasteiger charge is -2.34. The van der Waals surface area contributed by atoms with Crippen molar-refractivity contribution in [1.29, 1.82) is 0 Å². The van der Waals surface area contributed by atoms with Crippen molar-refractivity contribution < 1.29 is 27.9 Å². The van der Waals surface area contributed by atoms with Crippen LogP contribution in [0.2, 0.25) is 0 Å². The van der Waals surface area contributed by atoms with E-state index in [4.69, 9.17) is 5.11 Å². The number of carboxylic acid groups (broad SMARTS) is 1. The summed E-state index contributed by atoms with van der Waals surface area (Å²) in [6, 6.07) is 0. The number of piperazine rings is 1. The Morgan fingerprint density at radius 1 is 1.12 bits per heavy atom. The standard InChI is InChI=1S/C9H13F3N2O3/c10-9(11,12)8(17)14-5-3-13(4-6-14)2-1-7(15)16/h1-6H2,(H,15,16). The summed E-state index contributed by atoms with van der Waals surface area (Å²) in [5.41, 5.74) is 0. The summed E-state index contributed by atoms with van der Waals surface area (Å²) >= 11 is 0. The van der Waals surface area contributed by atoms with E-state index in [1.54, 1.807) is 4.90 Å². The Kier molecular flexibility index (Phi) is 4.33. The van der Waals surface area contributed by atoms with Crippen LogP contribution in [-0.4, -0.2) is 65.7 Å². The average Bonchev–Trinajstić information content (AvgIpc) is 2.25. The van der Waals surface area contributed by atoms with Gasteiger partial charge >= 0.3 is 18.1 Å². The summed E-state index contributed by atoms with van der Waals surface area (Å²) in [6.07, 6.45) is -4.88. The summed E-state index contributed by atoms with van der Waals surface area (Å²) < 4.78 is 36.3. The Morgan fingerprint density at radius 2 is 1.65 bits per heavy atom. The molecule has 17 heavy (non-hydrogen) atoms. The van der Waals surface area contributed by atoms with Gasteiger partial charge in [-0.05, 0) is 0 Å². The molecule has 0 radical (unpaired) electrons. The van der Waals surface area contributed by atoms with E-state index in [2.05, 4.69) is 0 Å². The summed E-state index contributed by atoms with van der Waals surface area (Å²) in [4.78, 5) is 23.7. The highest BCUT2D eigenvalue weighted by Gasteiger charge is 2.43. The van der Waals surface area contributed by atoms with E-state index in [0.29, 0.717) is 6.54 Å². The highest BCUT2D eigenvalue weighted by Crippen LogP contribution is 2.19. The van der Waals surface area contributed by atoms with Gasteiger partial charge < -0.3 is 10.0 Å².